The summed E-state index contributed by atoms with van der Waals surface area (Å²) in [5.74, 6) is -1.86. The minimum atomic E-state index is -0.693. The number of rotatable bonds is 2. The lowest BCUT2D eigenvalue weighted by Crippen LogP contribution is -2.17. The van der Waals surface area contributed by atoms with Gasteiger partial charge in [0.1, 0.15) is 17.3 Å². The standard InChI is InChI=1S/C11H9F2N3O/c1-16-10(4-5-14-16)11(17)15-9-6-7(12)2-3-8(9)13/h2-6H,1H3,(H,15,17). The highest BCUT2D eigenvalue weighted by molar-refractivity contribution is 6.03. The molecule has 4 nitrogen and oxygen atoms in total. The van der Waals surface area contributed by atoms with Crippen LogP contribution in [-0.4, -0.2) is 15.7 Å². The van der Waals surface area contributed by atoms with Crippen LogP contribution in [0.4, 0.5) is 14.5 Å². The van der Waals surface area contributed by atoms with Gasteiger partial charge in [-0.05, 0) is 18.2 Å². The molecule has 88 valence electrons. The molecule has 1 heterocycles. The summed E-state index contributed by atoms with van der Waals surface area (Å²) in [4.78, 5) is 11.7. The van der Waals surface area contributed by atoms with Crippen molar-refractivity contribution in [2.24, 2.45) is 7.05 Å². The molecular weight excluding hydrogens is 228 g/mol. The predicted molar refractivity (Wildman–Crippen MR) is 57.5 cm³/mol. The molecule has 2 rings (SSSR count). The van der Waals surface area contributed by atoms with Gasteiger partial charge in [-0.25, -0.2) is 8.78 Å². The lowest BCUT2D eigenvalue weighted by Gasteiger charge is -2.06. The second-order valence-corrected chi connectivity index (χ2v) is 3.42. The SMILES string of the molecule is Cn1nccc1C(=O)Nc1cc(F)ccc1F. The average molecular weight is 237 g/mol. The van der Waals surface area contributed by atoms with E-state index < -0.39 is 17.5 Å². The molecule has 1 N–H and O–H groups in total. The fourth-order valence-corrected chi connectivity index (χ4v) is 1.38. The van der Waals surface area contributed by atoms with Crippen molar-refractivity contribution >= 4 is 11.6 Å². The number of hydrogen-bond acceptors (Lipinski definition) is 2. The van der Waals surface area contributed by atoms with Gasteiger partial charge in [0.2, 0.25) is 0 Å². The molecule has 0 spiro atoms. The molecule has 0 unspecified atom stereocenters. The van der Waals surface area contributed by atoms with Crippen molar-refractivity contribution in [1.82, 2.24) is 9.78 Å². The molecule has 6 heteroatoms. The van der Waals surface area contributed by atoms with Gasteiger partial charge in [-0.3, -0.25) is 9.48 Å². The highest BCUT2D eigenvalue weighted by atomic mass is 19.1. The molecule has 0 aliphatic rings. The summed E-state index contributed by atoms with van der Waals surface area (Å²) in [7, 11) is 1.58. The smallest absolute Gasteiger partial charge is 0.273 e. The third-order valence-electron chi connectivity index (χ3n) is 2.23. The van der Waals surface area contributed by atoms with Crippen LogP contribution in [0.5, 0.6) is 0 Å². The van der Waals surface area contributed by atoms with Crippen molar-refractivity contribution in [3.8, 4) is 0 Å². The monoisotopic (exact) mass is 237 g/mol. The molecular formula is C11H9F2N3O. The number of hydrogen-bond donors (Lipinski definition) is 1. The van der Waals surface area contributed by atoms with E-state index in [1.165, 1.54) is 16.9 Å². The lowest BCUT2D eigenvalue weighted by molar-refractivity contribution is 0.101. The molecule has 0 aliphatic heterocycles. The zero-order chi connectivity index (χ0) is 12.4. The maximum atomic E-state index is 13.3. The Morgan fingerprint density at radius 3 is 2.76 bits per heavy atom. The van der Waals surface area contributed by atoms with Crippen molar-refractivity contribution in [3.05, 3.63) is 47.8 Å². The van der Waals surface area contributed by atoms with E-state index >= 15 is 0 Å². The highest BCUT2D eigenvalue weighted by Crippen LogP contribution is 2.16. The Morgan fingerprint density at radius 1 is 1.35 bits per heavy atom. The fraction of sp³-hybridized carbons (Fsp3) is 0.0909. The first kappa shape index (κ1) is 11.3. The molecule has 0 atom stereocenters. The van der Waals surface area contributed by atoms with Gasteiger partial charge < -0.3 is 5.32 Å². The van der Waals surface area contributed by atoms with Crippen molar-refractivity contribution < 1.29 is 13.6 Å². The third-order valence-corrected chi connectivity index (χ3v) is 2.23. The first-order valence-corrected chi connectivity index (χ1v) is 4.82. The Balaban J connectivity index is 2.24. The maximum absolute atomic E-state index is 13.3. The Kier molecular flexibility index (Phi) is 2.86. The molecule has 0 bridgehead atoms. The molecule has 2 aromatic rings. The molecule has 1 amide bonds. The Labute approximate surface area is 95.9 Å². The molecule has 0 saturated heterocycles. The Hall–Kier alpha value is -2.24. The largest absolute Gasteiger partial charge is 0.318 e. The van der Waals surface area contributed by atoms with Crippen molar-refractivity contribution in [2.45, 2.75) is 0 Å². The minimum Gasteiger partial charge on any atom is -0.318 e. The number of carbonyl (C=O) groups excluding carboxylic acids is 1. The molecule has 1 aromatic carbocycles. The Bertz CT molecular complexity index is 566. The quantitative estimate of drug-likeness (QED) is 0.867. The summed E-state index contributed by atoms with van der Waals surface area (Å²) in [5, 5.41) is 6.09. The first-order chi connectivity index (χ1) is 8.08. The zero-order valence-electron chi connectivity index (χ0n) is 8.95. The number of aryl methyl sites for hydroxylation is 1. The molecule has 0 saturated carbocycles. The summed E-state index contributed by atoms with van der Waals surface area (Å²) < 4.78 is 27.5. The van der Waals surface area contributed by atoms with Crippen LogP contribution in [0, 0.1) is 11.6 Å². The average Bonchev–Trinajstić information content (AvgIpc) is 2.70. The summed E-state index contributed by atoms with van der Waals surface area (Å²) in [6.07, 6.45) is 1.44. The zero-order valence-corrected chi connectivity index (χ0v) is 8.95. The molecule has 0 radical (unpaired) electrons. The number of halogens is 2. The van der Waals surface area contributed by atoms with E-state index in [4.69, 9.17) is 0 Å². The van der Waals surface area contributed by atoms with E-state index in [9.17, 15) is 13.6 Å². The van der Waals surface area contributed by atoms with E-state index in [1.54, 1.807) is 7.05 Å². The van der Waals surface area contributed by atoms with E-state index in [-0.39, 0.29) is 11.4 Å². The van der Waals surface area contributed by atoms with Crippen molar-refractivity contribution in [2.75, 3.05) is 5.32 Å². The summed E-state index contributed by atoms with van der Waals surface area (Å²) >= 11 is 0. The second-order valence-electron chi connectivity index (χ2n) is 3.42. The van der Waals surface area contributed by atoms with Gasteiger partial charge in [-0.15, -0.1) is 0 Å². The minimum absolute atomic E-state index is 0.198. The Morgan fingerprint density at radius 2 is 2.12 bits per heavy atom. The van der Waals surface area contributed by atoms with Gasteiger partial charge in [0.25, 0.3) is 5.91 Å². The summed E-state index contributed by atoms with van der Waals surface area (Å²) in [6.45, 7) is 0. The summed E-state index contributed by atoms with van der Waals surface area (Å²) in [6, 6.07) is 4.33. The molecule has 0 aliphatic carbocycles. The normalized spacial score (nSPS) is 10.3. The molecule has 1 aromatic heterocycles. The number of amides is 1. The third kappa shape index (κ3) is 2.30. The van der Waals surface area contributed by atoms with Crippen LogP contribution in [0.1, 0.15) is 10.5 Å². The van der Waals surface area contributed by atoms with E-state index in [0.717, 1.165) is 18.2 Å². The van der Waals surface area contributed by atoms with Crippen LogP contribution in [0.25, 0.3) is 0 Å². The molecule has 0 fully saturated rings. The van der Waals surface area contributed by atoms with Gasteiger partial charge >= 0.3 is 0 Å². The van der Waals surface area contributed by atoms with E-state index in [1.807, 2.05) is 0 Å². The predicted octanol–water partition coefficient (Wildman–Crippen LogP) is 1.95. The van der Waals surface area contributed by atoms with Gasteiger partial charge in [0.05, 0.1) is 5.69 Å². The second kappa shape index (κ2) is 4.32. The van der Waals surface area contributed by atoms with Crippen molar-refractivity contribution in [1.29, 1.82) is 0 Å². The topological polar surface area (TPSA) is 46.9 Å². The number of nitrogens with zero attached hydrogens (tertiary/aromatic N) is 2. The first-order valence-electron chi connectivity index (χ1n) is 4.82. The van der Waals surface area contributed by atoms with E-state index in [0.29, 0.717) is 0 Å². The van der Waals surface area contributed by atoms with Crippen LogP contribution < -0.4 is 5.32 Å². The van der Waals surface area contributed by atoms with Crippen LogP contribution in [0.15, 0.2) is 30.5 Å². The summed E-state index contributed by atoms with van der Waals surface area (Å²) in [5.41, 5.74) is 0.0601. The van der Waals surface area contributed by atoms with E-state index in [2.05, 4.69) is 10.4 Å². The van der Waals surface area contributed by atoms with Gasteiger partial charge in [-0.2, -0.15) is 5.10 Å². The number of nitrogens with one attached hydrogen (secondary N) is 1. The van der Waals surface area contributed by atoms with Crippen LogP contribution in [0.3, 0.4) is 0 Å². The van der Waals surface area contributed by atoms with Crippen molar-refractivity contribution in [3.63, 3.8) is 0 Å². The number of benzene rings is 1. The fourth-order valence-electron chi connectivity index (χ4n) is 1.38. The van der Waals surface area contributed by atoms with Gasteiger partial charge in [0.15, 0.2) is 0 Å². The van der Waals surface area contributed by atoms with Gasteiger partial charge in [0, 0.05) is 19.3 Å². The van der Waals surface area contributed by atoms with Crippen LogP contribution in [-0.2, 0) is 7.05 Å². The van der Waals surface area contributed by atoms with Crippen LogP contribution in [0.2, 0.25) is 0 Å². The highest BCUT2D eigenvalue weighted by Gasteiger charge is 2.12. The van der Waals surface area contributed by atoms with Crippen LogP contribution >= 0.6 is 0 Å². The molecule has 17 heavy (non-hydrogen) atoms. The lowest BCUT2D eigenvalue weighted by atomic mass is 10.3. The number of aromatic nitrogens is 2. The number of anilines is 1. The maximum Gasteiger partial charge on any atom is 0.273 e. The van der Waals surface area contributed by atoms with Gasteiger partial charge in [-0.1, -0.05) is 0 Å². The number of carbonyl (C=O) groups is 1.